The molecule has 1 aliphatic carbocycles. The van der Waals surface area contributed by atoms with Crippen molar-refractivity contribution in [3.63, 3.8) is 0 Å². The van der Waals surface area contributed by atoms with E-state index in [1.807, 2.05) is 4.57 Å². The van der Waals surface area contributed by atoms with Crippen LogP contribution in [-0.4, -0.2) is 9.55 Å². The zero-order chi connectivity index (χ0) is 13.1. The number of aromatic nitrogens is 2. The van der Waals surface area contributed by atoms with E-state index in [2.05, 4.69) is 34.8 Å². The number of nitrogens with two attached hydrogens (primary N) is 1. The highest BCUT2D eigenvalue weighted by molar-refractivity contribution is 9.10. The van der Waals surface area contributed by atoms with Crippen LogP contribution in [0.5, 0.6) is 0 Å². The van der Waals surface area contributed by atoms with Crippen LogP contribution in [0.1, 0.15) is 26.7 Å². The van der Waals surface area contributed by atoms with Crippen LogP contribution >= 0.6 is 15.9 Å². The summed E-state index contributed by atoms with van der Waals surface area (Å²) in [4.78, 5) is 4.27. The van der Waals surface area contributed by atoms with E-state index in [1.54, 1.807) is 6.07 Å². The predicted molar refractivity (Wildman–Crippen MR) is 73.8 cm³/mol. The Morgan fingerprint density at radius 2 is 2.11 bits per heavy atom. The second kappa shape index (κ2) is 3.70. The normalized spacial score (nSPS) is 16.4. The molecular formula is C13H15BrFN3. The van der Waals surface area contributed by atoms with Crippen LogP contribution < -0.4 is 5.73 Å². The lowest BCUT2D eigenvalue weighted by molar-refractivity contribution is 0.318. The minimum Gasteiger partial charge on any atom is -0.369 e. The Hall–Kier alpha value is -1.10. The fraction of sp³-hybridized carbons (Fsp3) is 0.462. The lowest BCUT2D eigenvalue weighted by Gasteiger charge is -2.28. The molecule has 1 aliphatic rings. The Labute approximate surface area is 113 Å². The van der Waals surface area contributed by atoms with E-state index in [-0.39, 0.29) is 11.4 Å². The van der Waals surface area contributed by atoms with Gasteiger partial charge in [0.05, 0.1) is 15.5 Å². The fourth-order valence-corrected chi connectivity index (χ4v) is 3.00. The van der Waals surface area contributed by atoms with Crippen LogP contribution in [0.4, 0.5) is 10.3 Å². The van der Waals surface area contributed by atoms with Crippen molar-refractivity contribution < 1.29 is 4.39 Å². The maximum atomic E-state index is 13.5. The highest BCUT2D eigenvalue weighted by Gasteiger charge is 2.41. The molecular weight excluding hydrogens is 297 g/mol. The Morgan fingerprint density at radius 3 is 2.72 bits per heavy atom. The van der Waals surface area contributed by atoms with E-state index < -0.39 is 0 Å². The van der Waals surface area contributed by atoms with Crippen molar-refractivity contribution >= 4 is 32.9 Å². The topological polar surface area (TPSA) is 43.8 Å². The molecule has 5 heteroatoms. The van der Waals surface area contributed by atoms with E-state index in [4.69, 9.17) is 5.73 Å². The summed E-state index contributed by atoms with van der Waals surface area (Å²) in [6, 6.07) is 3.19. The molecule has 0 radical (unpaired) electrons. The summed E-state index contributed by atoms with van der Waals surface area (Å²) in [5.41, 5.74) is 7.45. The first kappa shape index (κ1) is 12.0. The molecule has 1 fully saturated rings. The number of imidazole rings is 1. The summed E-state index contributed by atoms with van der Waals surface area (Å²) in [5.74, 6) is 0.775. The van der Waals surface area contributed by atoms with Gasteiger partial charge >= 0.3 is 0 Å². The number of nitrogens with zero attached hydrogens (tertiary/aromatic N) is 2. The molecule has 0 saturated heterocycles. The largest absolute Gasteiger partial charge is 0.369 e. The van der Waals surface area contributed by atoms with E-state index in [0.717, 1.165) is 5.52 Å². The van der Waals surface area contributed by atoms with Crippen molar-refractivity contribution in [1.29, 1.82) is 0 Å². The van der Waals surface area contributed by atoms with Gasteiger partial charge in [0.25, 0.3) is 0 Å². The maximum Gasteiger partial charge on any atom is 0.201 e. The predicted octanol–water partition coefficient (Wildman–Crippen LogP) is 3.67. The second-order valence-electron chi connectivity index (χ2n) is 5.49. The fourth-order valence-electron chi connectivity index (χ4n) is 2.67. The molecule has 0 unspecified atom stereocenters. The number of nitrogen functional groups attached to an aromatic ring is 1. The van der Waals surface area contributed by atoms with Gasteiger partial charge in [0.1, 0.15) is 5.82 Å². The molecule has 1 saturated carbocycles. The van der Waals surface area contributed by atoms with E-state index in [0.29, 0.717) is 21.9 Å². The molecule has 96 valence electrons. The van der Waals surface area contributed by atoms with Crippen LogP contribution in [0.25, 0.3) is 11.0 Å². The molecule has 2 aromatic rings. The van der Waals surface area contributed by atoms with Crippen LogP contribution in [0, 0.1) is 11.7 Å². The average Bonchev–Trinajstić information content (AvgIpc) is 3.05. The Kier molecular flexibility index (Phi) is 2.46. The van der Waals surface area contributed by atoms with E-state index in [1.165, 1.54) is 18.9 Å². The summed E-state index contributed by atoms with van der Waals surface area (Å²) in [5, 5.41) is 0. The van der Waals surface area contributed by atoms with Crippen molar-refractivity contribution in [2.24, 2.45) is 5.92 Å². The van der Waals surface area contributed by atoms with E-state index in [9.17, 15) is 4.39 Å². The summed E-state index contributed by atoms with van der Waals surface area (Å²) in [6.45, 7) is 4.33. The number of hydrogen-bond donors (Lipinski definition) is 1. The number of fused-ring (bicyclic) bond motifs is 1. The Morgan fingerprint density at radius 1 is 1.44 bits per heavy atom. The van der Waals surface area contributed by atoms with Crippen LogP contribution in [0.3, 0.4) is 0 Å². The smallest absolute Gasteiger partial charge is 0.201 e. The van der Waals surface area contributed by atoms with Crippen molar-refractivity contribution in [1.82, 2.24) is 9.55 Å². The number of anilines is 1. The zero-order valence-electron chi connectivity index (χ0n) is 10.4. The Balaban J connectivity index is 2.28. The second-order valence-corrected chi connectivity index (χ2v) is 6.34. The lowest BCUT2D eigenvalue weighted by Crippen LogP contribution is -2.29. The highest BCUT2D eigenvalue weighted by Crippen LogP contribution is 2.46. The Bertz CT molecular complexity index is 629. The molecule has 2 N–H and O–H groups in total. The van der Waals surface area contributed by atoms with Crippen LogP contribution in [-0.2, 0) is 5.54 Å². The van der Waals surface area contributed by atoms with Gasteiger partial charge < -0.3 is 10.3 Å². The summed E-state index contributed by atoms with van der Waals surface area (Å²) in [7, 11) is 0. The lowest BCUT2D eigenvalue weighted by atomic mass is 9.98. The van der Waals surface area contributed by atoms with Gasteiger partial charge in [-0.25, -0.2) is 9.37 Å². The zero-order valence-corrected chi connectivity index (χ0v) is 12.0. The van der Waals surface area contributed by atoms with Gasteiger partial charge in [0.2, 0.25) is 5.95 Å². The van der Waals surface area contributed by atoms with Gasteiger partial charge in [-0.3, -0.25) is 0 Å². The SMILES string of the molecule is CC(C)(C1CC1)n1c(N)nc2cc(F)c(Br)cc21. The van der Waals surface area contributed by atoms with Gasteiger partial charge in [-0.2, -0.15) is 0 Å². The minimum absolute atomic E-state index is 0.0733. The molecule has 0 bridgehead atoms. The number of halogens is 2. The standard InChI is InChI=1S/C13H15BrFN3/c1-13(2,7-3-4-7)18-11-5-8(14)9(15)6-10(11)17-12(18)16/h5-7H,3-4H2,1-2H3,(H2,16,17). The van der Waals surface area contributed by atoms with Gasteiger partial charge in [0.15, 0.2) is 0 Å². The van der Waals surface area contributed by atoms with Crippen molar-refractivity contribution in [2.75, 3.05) is 5.73 Å². The molecule has 1 aromatic heterocycles. The third-order valence-electron chi connectivity index (χ3n) is 3.88. The maximum absolute atomic E-state index is 13.5. The third kappa shape index (κ3) is 1.64. The molecule has 1 aromatic carbocycles. The monoisotopic (exact) mass is 311 g/mol. The summed E-state index contributed by atoms with van der Waals surface area (Å²) < 4.78 is 16.0. The van der Waals surface area contributed by atoms with Gasteiger partial charge in [-0.1, -0.05) is 0 Å². The molecule has 18 heavy (non-hydrogen) atoms. The first-order valence-electron chi connectivity index (χ1n) is 6.04. The van der Waals surface area contributed by atoms with Crippen LogP contribution in [0.2, 0.25) is 0 Å². The van der Waals surface area contributed by atoms with Crippen molar-refractivity contribution in [2.45, 2.75) is 32.2 Å². The third-order valence-corrected chi connectivity index (χ3v) is 4.48. The number of benzene rings is 1. The molecule has 3 nitrogen and oxygen atoms in total. The van der Waals surface area contributed by atoms with Crippen molar-refractivity contribution in [3.8, 4) is 0 Å². The first-order chi connectivity index (χ1) is 8.41. The number of rotatable bonds is 2. The minimum atomic E-state index is -0.309. The molecule has 0 atom stereocenters. The van der Waals surface area contributed by atoms with Gasteiger partial charge in [0, 0.05) is 11.6 Å². The van der Waals surface area contributed by atoms with Gasteiger partial charge in [-0.15, -0.1) is 0 Å². The molecule has 0 aliphatic heterocycles. The first-order valence-corrected chi connectivity index (χ1v) is 6.84. The number of hydrogen-bond acceptors (Lipinski definition) is 2. The van der Waals surface area contributed by atoms with Crippen molar-refractivity contribution in [3.05, 3.63) is 22.4 Å². The van der Waals surface area contributed by atoms with Crippen LogP contribution in [0.15, 0.2) is 16.6 Å². The molecule has 0 amide bonds. The molecule has 1 heterocycles. The average molecular weight is 312 g/mol. The molecule has 0 spiro atoms. The van der Waals surface area contributed by atoms with E-state index >= 15 is 0 Å². The summed E-state index contributed by atoms with van der Waals surface area (Å²) >= 11 is 3.22. The summed E-state index contributed by atoms with van der Waals surface area (Å²) in [6.07, 6.45) is 2.43. The quantitative estimate of drug-likeness (QED) is 0.919. The molecule has 3 rings (SSSR count). The van der Waals surface area contributed by atoms with Gasteiger partial charge in [-0.05, 0) is 54.6 Å². The highest BCUT2D eigenvalue weighted by atomic mass is 79.9.